The number of likely N-dealkylation sites (tertiary alicyclic amines) is 1. The number of carbonyl (C=O) groups excluding carboxylic acids is 1. The summed E-state index contributed by atoms with van der Waals surface area (Å²) in [5, 5.41) is 4.73. The number of aromatic nitrogens is 2. The van der Waals surface area contributed by atoms with Gasteiger partial charge in [-0.3, -0.25) is 4.79 Å². The van der Waals surface area contributed by atoms with E-state index in [1.54, 1.807) is 0 Å². The van der Waals surface area contributed by atoms with Crippen molar-refractivity contribution in [2.24, 2.45) is 11.7 Å². The average molecular weight is 344 g/mol. The van der Waals surface area contributed by atoms with E-state index in [1.807, 2.05) is 24.8 Å². The number of fused-ring (bicyclic) bond motifs is 1. The molecule has 2 aliphatic rings. The fourth-order valence-electron chi connectivity index (χ4n) is 3.68. The van der Waals surface area contributed by atoms with Crippen LogP contribution in [0, 0.1) is 12.8 Å². The Morgan fingerprint density at radius 2 is 2.24 bits per heavy atom. The maximum atomic E-state index is 13.2. The first-order valence-corrected chi connectivity index (χ1v) is 9.00. The molecule has 2 aromatic rings. The largest absolute Gasteiger partial charge is 0.376 e. The maximum Gasteiger partial charge on any atom is 0.259 e. The Morgan fingerprint density at radius 3 is 2.92 bits per heavy atom. The zero-order valence-corrected chi connectivity index (χ0v) is 14.7. The summed E-state index contributed by atoms with van der Waals surface area (Å²) in [7, 11) is 0. The molecule has 1 aliphatic carbocycles. The van der Waals surface area contributed by atoms with E-state index in [9.17, 15) is 4.79 Å². The molecule has 0 bridgehead atoms. The molecule has 2 atom stereocenters. The van der Waals surface area contributed by atoms with E-state index >= 15 is 0 Å². The third kappa shape index (κ3) is 2.91. The molecule has 7 nitrogen and oxygen atoms in total. The highest BCUT2D eigenvalue weighted by Gasteiger charge is 2.37. The van der Waals surface area contributed by atoms with Gasteiger partial charge in [0.05, 0.1) is 22.7 Å². The first-order valence-electron chi connectivity index (χ1n) is 9.00. The van der Waals surface area contributed by atoms with Crippen molar-refractivity contribution in [2.45, 2.75) is 38.7 Å². The predicted molar refractivity (Wildman–Crippen MR) is 92.4 cm³/mol. The third-order valence-corrected chi connectivity index (χ3v) is 5.21. The minimum Gasteiger partial charge on any atom is -0.376 e. The van der Waals surface area contributed by atoms with Crippen molar-refractivity contribution >= 4 is 17.0 Å². The van der Waals surface area contributed by atoms with Crippen LogP contribution in [0.25, 0.3) is 11.1 Å². The minimum absolute atomic E-state index is 0.00255. The Kier molecular flexibility index (Phi) is 4.21. The average Bonchev–Trinajstić information content (AvgIpc) is 3.29. The van der Waals surface area contributed by atoms with Crippen molar-refractivity contribution in [3.8, 4) is 0 Å². The first kappa shape index (κ1) is 16.5. The standard InChI is InChI=1S/C18H24N4O3/c1-3-24-15-9-22(8-12(15)7-19)18(23)13-6-14(11-4-5-11)20-17-16(13)10(2)21-25-17/h6,11-12,15H,3-5,7-9,19H2,1-2H3/t12-,15-/m1/s1. The number of nitrogens with two attached hydrogens (primary N) is 1. The van der Waals surface area contributed by atoms with Gasteiger partial charge in [0, 0.05) is 37.2 Å². The van der Waals surface area contributed by atoms with E-state index in [4.69, 9.17) is 15.0 Å². The molecule has 7 heteroatoms. The fraction of sp³-hybridized carbons (Fsp3) is 0.611. The Hall–Kier alpha value is -1.99. The zero-order valence-electron chi connectivity index (χ0n) is 14.7. The predicted octanol–water partition coefficient (Wildman–Crippen LogP) is 1.84. The molecule has 0 radical (unpaired) electrons. The SMILES string of the molecule is CCO[C@@H]1CN(C(=O)c2cc(C3CC3)nc3onc(C)c23)C[C@H]1CN. The van der Waals surface area contributed by atoms with Crippen LogP contribution in [0.5, 0.6) is 0 Å². The van der Waals surface area contributed by atoms with Crippen molar-refractivity contribution in [1.29, 1.82) is 0 Å². The smallest absolute Gasteiger partial charge is 0.259 e. The summed E-state index contributed by atoms with van der Waals surface area (Å²) >= 11 is 0. The van der Waals surface area contributed by atoms with Gasteiger partial charge in [-0.2, -0.15) is 0 Å². The van der Waals surface area contributed by atoms with E-state index in [-0.39, 0.29) is 17.9 Å². The molecule has 0 unspecified atom stereocenters. The van der Waals surface area contributed by atoms with Crippen LogP contribution in [0.3, 0.4) is 0 Å². The van der Waals surface area contributed by atoms with Crippen LogP contribution in [0.4, 0.5) is 0 Å². The second kappa shape index (κ2) is 6.38. The molecule has 1 amide bonds. The van der Waals surface area contributed by atoms with Gasteiger partial charge >= 0.3 is 0 Å². The molecule has 0 spiro atoms. The van der Waals surface area contributed by atoms with Crippen molar-refractivity contribution in [3.05, 3.63) is 23.0 Å². The van der Waals surface area contributed by atoms with Gasteiger partial charge in [0.25, 0.3) is 11.6 Å². The van der Waals surface area contributed by atoms with E-state index in [1.165, 1.54) is 0 Å². The monoisotopic (exact) mass is 344 g/mol. The summed E-state index contributed by atoms with van der Waals surface area (Å²) in [6.45, 7) is 6.14. The molecular weight excluding hydrogens is 320 g/mol. The lowest BCUT2D eigenvalue weighted by molar-refractivity contribution is 0.0432. The van der Waals surface area contributed by atoms with Gasteiger partial charge in [-0.05, 0) is 39.3 Å². The molecule has 134 valence electrons. The molecule has 2 aromatic heterocycles. The van der Waals surface area contributed by atoms with Crippen LogP contribution in [0.1, 0.15) is 47.4 Å². The Bertz CT molecular complexity index is 799. The lowest BCUT2D eigenvalue weighted by Gasteiger charge is -2.17. The molecule has 0 aromatic carbocycles. The van der Waals surface area contributed by atoms with Crippen LogP contribution in [0.2, 0.25) is 0 Å². The highest BCUT2D eigenvalue weighted by Crippen LogP contribution is 2.40. The van der Waals surface area contributed by atoms with Crippen molar-refractivity contribution < 1.29 is 14.1 Å². The first-order chi connectivity index (χ1) is 12.1. The number of amides is 1. The van der Waals surface area contributed by atoms with Gasteiger partial charge in [-0.15, -0.1) is 0 Å². The van der Waals surface area contributed by atoms with Crippen molar-refractivity contribution in [2.75, 3.05) is 26.2 Å². The number of aryl methyl sites for hydroxylation is 1. The summed E-state index contributed by atoms with van der Waals surface area (Å²) in [5.74, 6) is 0.599. The molecule has 4 rings (SSSR count). The van der Waals surface area contributed by atoms with Gasteiger partial charge in [-0.25, -0.2) is 4.98 Å². The summed E-state index contributed by atoms with van der Waals surface area (Å²) in [5.41, 5.74) is 8.60. The van der Waals surface area contributed by atoms with Crippen LogP contribution in [0.15, 0.2) is 10.6 Å². The number of rotatable bonds is 5. The van der Waals surface area contributed by atoms with Crippen molar-refractivity contribution in [3.63, 3.8) is 0 Å². The lowest BCUT2D eigenvalue weighted by atomic mass is 10.1. The summed E-state index contributed by atoms with van der Waals surface area (Å²) in [4.78, 5) is 19.7. The van der Waals surface area contributed by atoms with Gasteiger partial charge in [0.1, 0.15) is 0 Å². The number of hydrogen-bond donors (Lipinski definition) is 1. The van der Waals surface area contributed by atoms with Gasteiger partial charge < -0.3 is 19.9 Å². The molecule has 25 heavy (non-hydrogen) atoms. The molecule has 2 fully saturated rings. The Morgan fingerprint density at radius 1 is 1.44 bits per heavy atom. The van der Waals surface area contributed by atoms with Gasteiger partial charge in [0.2, 0.25) is 0 Å². The maximum absolute atomic E-state index is 13.2. The number of nitrogens with zero attached hydrogens (tertiary/aromatic N) is 3. The van der Waals surface area contributed by atoms with E-state index in [0.29, 0.717) is 49.1 Å². The minimum atomic E-state index is -0.0127. The van der Waals surface area contributed by atoms with Crippen molar-refractivity contribution in [1.82, 2.24) is 15.0 Å². The fourth-order valence-corrected chi connectivity index (χ4v) is 3.68. The highest BCUT2D eigenvalue weighted by molar-refractivity contribution is 6.06. The summed E-state index contributed by atoms with van der Waals surface area (Å²) in [6.07, 6.45) is 2.23. The van der Waals surface area contributed by atoms with E-state index in [0.717, 1.165) is 23.9 Å². The zero-order chi connectivity index (χ0) is 17.6. The molecule has 1 saturated carbocycles. The van der Waals surface area contributed by atoms with Crippen LogP contribution in [-0.4, -0.2) is 53.3 Å². The van der Waals surface area contributed by atoms with E-state index in [2.05, 4.69) is 10.1 Å². The lowest BCUT2D eigenvalue weighted by Crippen LogP contribution is -2.30. The molecule has 3 heterocycles. The van der Waals surface area contributed by atoms with Crippen LogP contribution in [-0.2, 0) is 4.74 Å². The van der Waals surface area contributed by atoms with Crippen LogP contribution < -0.4 is 5.73 Å². The molecule has 1 aliphatic heterocycles. The molecule has 2 N–H and O–H groups in total. The second-order valence-corrected chi connectivity index (χ2v) is 7.02. The number of ether oxygens (including phenoxy) is 1. The summed E-state index contributed by atoms with van der Waals surface area (Å²) < 4.78 is 11.1. The Balaban J connectivity index is 1.69. The van der Waals surface area contributed by atoms with Gasteiger partial charge in [-0.1, -0.05) is 5.16 Å². The molecular formula is C18H24N4O3. The second-order valence-electron chi connectivity index (χ2n) is 7.02. The summed E-state index contributed by atoms with van der Waals surface area (Å²) in [6, 6.07) is 1.93. The number of pyridine rings is 1. The number of hydrogen-bond acceptors (Lipinski definition) is 6. The van der Waals surface area contributed by atoms with Gasteiger partial charge in [0.15, 0.2) is 0 Å². The quantitative estimate of drug-likeness (QED) is 0.889. The molecule has 1 saturated heterocycles. The van der Waals surface area contributed by atoms with Crippen LogP contribution >= 0.6 is 0 Å². The number of carbonyl (C=O) groups is 1. The van der Waals surface area contributed by atoms with E-state index < -0.39 is 0 Å². The Labute approximate surface area is 146 Å². The third-order valence-electron chi connectivity index (χ3n) is 5.21. The normalized spacial score (nSPS) is 23.6. The highest BCUT2D eigenvalue weighted by atomic mass is 16.5. The topological polar surface area (TPSA) is 94.5 Å².